The number of nitrogens with two attached hydrogens (primary N) is 1. The number of carbonyl (C=O) groups excluding carboxylic acids is 1. The summed E-state index contributed by atoms with van der Waals surface area (Å²) in [7, 11) is 0. The topological polar surface area (TPSA) is 78.2 Å². The number of nitrogens with zero attached hydrogens (tertiary/aromatic N) is 3. The van der Waals surface area contributed by atoms with Crippen LogP contribution in [0.15, 0.2) is 0 Å². The van der Waals surface area contributed by atoms with Crippen molar-refractivity contribution in [3.8, 4) is 0 Å². The number of hydrogen-bond acceptors (Lipinski definition) is 4. The number of piperazine rings is 1. The third kappa shape index (κ3) is 2.40. The van der Waals surface area contributed by atoms with E-state index in [4.69, 9.17) is 5.73 Å². The maximum absolute atomic E-state index is 12.4. The molecule has 110 valence electrons. The van der Waals surface area contributed by atoms with E-state index in [0.717, 1.165) is 37.9 Å². The van der Waals surface area contributed by atoms with Gasteiger partial charge in [-0.1, -0.05) is 12.8 Å². The Balaban J connectivity index is 1.60. The van der Waals surface area contributed by atoms with Crippen LogP contribution in [-0.4, -0.2) is 58.1 Å². The number of aryl methyl sites for hydroxylation is 1. The summed E-state index contributed by atoms with van der Waals surface area (Å²) >= 11 is 0. The van der Waals surface area contributed by atoms with Crippen LogP contribution in [0.2, 0.25) is 0 Å². The number of hydrogen-bond donors (Lipinski definition) is 2. The van der Waals surface area contributed by atoms with Crippen LogP contribution in [0.3, 0.4) is 0 Å². The molecular formula is C14H23N5O. The van der Waals surface area contributed by atoms with Crippen LogP contribution in [0.5, 0.6) is 0 Å². The van der Waals surface area contributed by atoms with Crippen molar-refractivity contribution in [1.29, 1.82) is 0 Å². The van der Waals surface area contributed by atoms with E-state index in [1.165, 1.54) is 25.7 Å². The molecule has 0 aromatic carbocycles. The van der Waals surface area contributed by atoms with Gasteiger partial charge in [-0.05, 0) is 19.8 Å². The molecule has 0 spiro atoms. The summed E-state index contributed by atoms with van der Waals surface area (Å²) in [5, 5.41) is 6.81. The molecule has 2 heterocycles. The van der Waals surface area contributed by atoms with Gasteiger partial charge in [-0.15, -0.1) is 0 Å². The molecule has 1 saturated carbocycles. The van der Waals surface area contributed by atoms with Crippen LogP contribution in [-0.2, 0) is 0 Å². The Hall–Kier alpha value is -1.56. The highest BCUT2D eigenvalue weighted by molar-refractivity contribution is 5.97. The molecule has 20 heavy (non-hydrogen) atoms. The normalized spacial score (nSPS) is 21.6. The van der Waals surface area contributed by atoms with Gasteiger partial charge in [0.15, 0.2) is 5.69 Å². The van der Waals surface area contributed by atoms with Crippen molar-refractivity contribution in [2.24, 2.45) is 0 Å². The zero-order valence-corrected chi connectivity index (χ0v) is 12.1. The zero-order valence-electron chi connectivity index (χ0n) is 12.1. The first-order chi connectivity index (χ1) is 9.66. The summed E-state index contributed by atoms with van der Waals surface area (Å²) in [6.07, 6.45) is 5.35. The number of nitrogens with one attached hydrogen (secondary N) is 1. The van der Waals surface area contributed by atoms with Crippen LogP contribution in [0.25, 0.3) is 0 Å². The van der Waals surface area contributed by atoms with E-state index in [1.807, 2.05) is 11.8 Å². The predicted molar refractivity (Wildman–Crippen MR) is 77.5 cm³/mol. The smallest absolute Gasteiger partial charge is 0.276 e. The van der Waals surface area contributed by atoms with Crippen molar-refractivity contribution in [1.82, 2.24) is 20.0 Å². The fourth-order valence-electron chi connectivity index (χ4n) is 3.31. The standard InChI is InChI=1S/C14H23N5O/c1-10-12(15)13(17-16-10)14(20)19-8-6-18(7-9-19)11-4-2-3-5-11/h11H,2-9,15H2,1H3,(H,16,17). The quantitative estimate of drug-likeness (QED) is 0.845. The van der Waals surface area contributed by atoms with Crippen LogP contribution >= 0.6 is 0 Å². The Bertz CT molecular complexity index is 484. The van der Waals surface area contributed by atoms with E-state index in [1.54, 1.807) is 0 Å². The molecule has 1 aliphatic carbocycles. The fraction of sp³-hybridized carbons (Fsp3) is 0.714. The van der Waals surface area contributed by atoms with Gasteiger partial charge in [0.25, 0.3) is 5.91 Å². The minimum absolute atomic E-state index is 0.0436. The second-order valence-electron chi connectivity index (χ2n) is 5.88. The molecule has 1 aliphatic heterocycles. The number of aromatic amines is 1. The van der Waals surface area contributed by atoms with Gasteiger partial charge in [0.1, 0.15) is 0 Å². The maximum Gasteiger partial charge on any atom is 0.276 e. The molecule has 2 aliphatic rings. The molecule has 3 rings (SSSR count). The monoisotopic (exact) mass is 277 g/mol. The van der Waals surface area contributed by atoms with Crippen LogP contribution in [0.4, 0.5) is 5.69 Å². The number of rotatable bonds is 2. The van der Waals surface area contributed by atoms with Gasteiger partial charge in [0, 0.05) is 32.2 Å². The van der Waals surface area contributed by atoms with E-state index in [2.05, 4.69) is 15.1 Å². The van der Waals surface area contributed by atoms with Gasteiger partial charge in [-0.3, -0.25) is 14.8 Å². The second kappa shape index (κ2) is 5.44. The Morgan fingerprint density at radius 1 is 1.25 bits per heavy atom. The molecule has 0 unspecified atom stereocenters. The van der Waals surface area contributed by atoms with Gasteiger partial charge >= 0.3 is 0 Å². The molecule has 2 fully saturated rings. The Morgan fingerprint density at radius 3 is 2.45 bits per heavy atom. The van der Waals surface area contributed by atoms with Crippen molar-refractivity contribution < 1.29 is 4.79 Å². The van der Waals surface area contributed by atoms with E-state index in [0.29, 0.717) is 11.4 Å². The lowest BCUT2D eigenvalue weighted by molar-refractivity contribution is 0.0569. The minimum atomic E-state index is -0.0436. The highest BCUT2D eigenvalue weighted by Gasteiger charge is 2.29. The highest BCUT2D eigenvalue weighted by Crippen LogP contribution is 2.25. The molecule has 0 bridgehead atoms. The lowest BCUT2D eigenvalue weighted by Crippen LogP contribution is -2.51. The van der Waals surface area contributed by atoms with Crippen molar-refractivity contribution in [3.63, 3.8) is 0 Å². The number of anilines is 1. The number of carbonyl (C=O) groups is 1. The summed E-state index contributed by atoms with van der Waals surface area (Å²) in [6.45, 7) is 5.33. The summed E-state index contributed by atoms with van der Waals surface area (Å²) in [5.41, 5.74) is 7.50. The predicted octanol–water partition coefficient (Wildman–Crippen LogP) is 1.00. The molecule has 1 saturated heterocycles. The Morgan fingerprint density at radius 2 is 1.90 bits per heavy atom. The molecule has 6 nitrogen and oxygen atoms in total. The largest absolute Gasteiger partial charge is 0.395 e. The lowest BCUT2D eigenvalue weighted by atomic mass is 10.1. The van der Waals surface area contributed by atoms with Gasteiger partial charge < -0.3 is 10.6 Å². The first kappa shape index (κ1) is 13.4. The number of nitrogen functional groups attached to an aromatic ring is 1. The number of amides is 1. The van der Waals surface area contributed by atoms with E-state index >= 15 is 0 Å². The summed E-state index contributed by atoms with van der Waals surface area (Å²) in [4.78, 5) is 16.8. The first-order valence-corrected chi connectivity index (χ1v) is 7.50. The average molecular weight is 277 g/mol. The molecule has 6 heteroatoms. The van der Waals surface area contributed by atoms with Crippen LogP contribution in [0, 0.1) is 6.92 Å². The molecule has 1 aromatic rings. The third-order valence-corrected chi connectivity index (χ3v) is 4.64. The summed E-state index contributed by atoms with van der Waals surface area (Å²) in [5.74, 6) is -0.0436. The Kier molecular flexibility index (Phi) is 3.65. The van der Waals surface area contributed by atoms with Gasteiger partial charge in [-0.2, -0.15) is 5.10 Å². The van der Waals surface area contributed by atoms with Crippen molar-refractivity contribution in [2.45, 2.75) is 38.6 Å². The van der Waals surface area contributed by atoms with Crippen molar-refractivity contribution >= 4 is 11.6 Å². The van der Waals surface area contributed by atoms with Crippen LogP contribution < -0.4 is 5.73 Å². The number of aromatic nitrogens is 2. The summed E-state index contributed by atoms with van der Waals surface area (Å²) in [6, 6.07) is 0.741. The van der Waals surface area contributed by atoms with E-state index < -0.39 is 0 Å². The summed E-state index contributed by atoms with van der Waals surface area (Å²) < 4.78 is 0. The van der Waals surface area contributed by atoms with Crippen molar-refractivity contribution in [2.75, 3.05) is 31.9 Å². The molecule has 0 radical (unpaired) electrons. The minimum Gasteiger partial charge on any atom is -0.395 e. The zero-order chi connectivity index (χ0) is 14.1. The highest BCUT2D eigenvalue weighted by atomic mass is 16.2. The molecule has 1 amide bonds. The van der Waals surface area contributed by atoms with Gasteiger partial charge in [-0.25, -0.2) is 0 Å². The van der Waals surface area contributed by atoms with Gasteiger partial charge in [0.05, 0.1) is 11.4 Å². The molecule has 3 N–H and O–H groups in total. The SMILES string of the molecule is Cc1[nH]nc(C(=O)N2CCN(C3CCCC3)CC2)c1N. The fourth-order valence-corrected chi connectivity index (χ4v) is 3.31. The van der Waals surface area contributed by atoms with Gasteiger partial charge in [0.2, 0.25) is 0 Å². The van der Waals surface area contributed by atoms with Crippen molar-refractivity contribution in [3.05, 3.63) is 11.4 Å². The van der Waals surface area contributed by atoms with E-state index in [9.17, 15) is 4.79 Å². The molecule has 0 atom stereocenters. The maximum atomic E-state index is 12.4. The third-order valence-electron chi connectivity index (χ3n) is 4.64. The second-order valence-corrected chi connectivity index (χ2v) is 5.88. The average Bonchev–Trinajstić information content (AvgIpc) is 3.10. The van der Waals surface area contributed by atoms with Crippen LogP contribution in [0.1, 0.15) is 41.9 Å². The lowest BCUT2D eigenvalue weighted by Gasteiger charge is -2.37. The van der Waals surface area contributed by atoms with E-state index in [-0.39, 0.29) is 5.91 Å². The Labute approximate surface area is 119 Å². The number of H-pyrrole nitrogens is 1. The first-order valence-electron chi connectivity index (χ1n) is 7.50. The molecule has 1 aromatic heterocycles. The molecular weight excluding hydrogens is 254 g/mol.